The number of likely N-dealkylation sites (N-methyl/N-ethyl adjacent to an activating group) is 1. The van der Waals surface area contributed by atoms with Crippen LogP contribution in [-0.4, -0.2) is 91.9 Å². The Morgan fingerprint density at radius 3 is 1.90 bits per heavy atom. The van der Waals surface area contributed by atoms with Crippen LogP contribution in [0.3, 0.4) is 0 Å². The van der Waals surface area contributed by atoms with E-state index in [1.165, 1.54) is 83.5 Å². The molecule has 2 N–H and O–H groups in total. The molecule has 0 fully saturated rings. The van der Waals surface area contributed by atoms with E-state index >= 15 is 0 Å². The molecule has 0 bridgehead atoms. The van der Waals surface area contributed by atoms with Crippen molar-refractivity contribution in [2.75, 3.05) is 47.5 Å². The van der Waals surface area contributed by atoms with Crippen LogP contribution in [0, 0.1) is 11.8 Å². The molecule has 0 radical (unpaired) electrons. The predicted molar refractivity (Wildman–Crippen MR) is 251 cm³/mol. The van der Waals surface area contributed by atoms with Crippen molar-refractivity contribution in [3.05, 3.63) is 48.6 Å². The molecule has 0 saturated heterocycles. The van der Waals surface area contributed by atoms with Crippen LogP contribution in [0.5, 0.6) is 0 Å². The van der Waals surface area contributed by atoms with Crippen LogP contribution in [0.1, 0.15) is 181 Å². The minimum Gasteiger partial charge on any atom is -0.462 e. The van der Waals surface area contributed by atoms with Crippen LogP contribution in [0.4, 0.5) is 0 Å². The summed E-state index contributed by atoms with van der Waals surface area (Å²) in [5.74, 6) is -1.15. The fourth-order valence-electron chi connectivity index (χ4n) is 7.12. The molecule has 0 spiro atoms. The molecule has 1 aliphatic rings. The summed E-state index contributed by atoms with van der Waals surface area (Å²) in [4.78, 5) is 48.0. The highest BCUT2D eigenvalue weighted by Crippen LogP contribution is 2.43. The Hall–Kier alpha value is -2.40. The number of ketones is 1. The number of allylic oxidation sites excluding steroid dienone is 7. The number of quaternary nitrogens is 1. The molecule has 0 aromatic rings. The fraction of sp³-hybridized carbons (Fsp3) is 0.780. The maximum Gasteiger partial charge on any atom is 0.472 e. The Morgan fingerprint density at radius 1 is 0.726 bits per heavy atom. The standard InChI is InChI=1S/C50H88NO10P/c1-6-8-10-11-12-13-14-15-16-17-18-19-20-21-22-23-24-25-31-35-50(55)61-46(43-60-62(56,57)59-41-40-51(3,4)5)42-58-49(54)34-30-27-26-29-32-44-36-39-48(53)47(44)38-37-45(52)33-28-9-7-2/h15-16,26,29,36-39,44-47,52H,6-14,17-25,27-28,30-35,40-43H2,1-5H3/p+1/b16-15-,29-26-,38-37+/t44-,45-,46+,47+/m0/s1. The lowest BCUT2D eigenvalue weighted by atomic mass is 9.90. The summed E-state index contributed by atoms with van der Waals surface area (Å²) >= 11 is 0. The number of aliphatic hydroxyl groups excluding tert-OH is 1. The zero-order valence-corrected chi connectivity index (χ0v) is 40.6. The molecule has 1 rings (SSSR count). The van der Waals surface area contributed by atoms with Crippen LogP contribution < -0.4 is 0 Å². The highest BCUT2D eigenvalue weighted by molar-refractivity contribution is 7.47. The van der Waals surface area contributed by atoms with E-state index in [0.717, 1.165) is 38.5 Å². The second kappa shape index (κ2) is 36.9. The van der Waals surface area contributed by atoms with E-state index < -0.39 is 38.6 Å². The normalized spacial score (nSPS) is 17.7. The molecule has 0 aliphatic heterocycles. The summed E-state index contributed by atoms with van der Waals surface area (Å²) in [5, 5.41) is 10.2. The number of phosphoric ester groups is 1. The Bertz CT molecular complexity index is 1340. The van der Waals surface area contributed by atoms with Gasteiger partial charge in [-0.3, -0.25) is 23.4 Å². The molecule has 11 nitrogen and oxygen atoms in total. The van der Waals surface area contributed by atoms with Crippen molar-refractivity contribution in [1.29, 1.82) is 0 Å². The first-order valence-electron chi connectivity index (χ1n) is 24.4. The first kappa shape index (κ1) is 57.6. The number of hydrogen-bond donors (Lipinski definition) is 2. The van der Waals surface area contributed by atoms with Gasteiger partial charge in [0.05, 0.1) is 33.9 Å². The second-order valence-electron chi connectivity index (χ2n) is 18.2. The van der Waals surface area contributed by atoms with E-state index in [9.17, 15) is 28.9 Å². The van der Waals surface area contributed by atoms with Crippen molar-refractivity contribution in [3.63, 3.8) is 0 Å². The second-order valence-corrected chi connectivity index (χ2v) is 19.6. The Labute approximate surface area is 377 Å². The van der Waals surface area contributed by atoms with Gasteiger partial charge in [-0.25, -0.2) is 4.57 Å². The molecule has 62 heavy (non-hydrogen) atoms. The topological polar surface area (TPSA) is 146 Å². The van der Waals surface area contributed by atoms with Gasteiger partial charge in [0, 0.05) is 18.8 Å². The Morgan fingerprint density at radius 2 is 1.27 bits per heavy atom. The molecule has 0 aromatic carbocycles. The molecule has 1 unspecified atom stereocenters. The van der Waals surface area contributed by atoms with Crippen molar-refractivity contribution in [2.45, 2.75) is 193 Å². The van der Waals surface area contributed by atoms with Crippen LogP contribution >= 0.6 is 7.82 Å². The molecular formula is C50H89NO10P+. The summed E-state index contributed by atoms with van der Waals surface area (Å²) in [5.41, 5.74) is 0. The van der Waals surface area contributed by atoms with Crippen molar-refractivity contribution in [2.24, 2.45) is 11.8 Å². The summed E-state index contributed by atoms with van der Waals surface area (Å²) in [6.07, 6.45) is 40.7. The van der Waals surface area contributed by atoms with Crippen molar-refractivity contribution in [1.82, 2.24) is 0 Å². The predicted octanol–water partition coefficient (Wildman–Crippen LogP) is 11.9. The van der Waals surface area contributed by atoms with Gasteiger partial charge in [-0.1, -0.05) is 153 Å². The lowest BCUT2D eigenvalue weighted by Gasteiger charge is -2.24. The smallest absolute Gasteiger partial charge is 0.462 e. The molecular weight excluding hydrogens is 806 g/mol. The van der Waals surface area contributed by atoms with E-state index in [2.05, 4.69) is 26.0 Å². The van der Waals surface area contributed by atoms with Crippen molar-refractivity contribution >= 4 is 25.5 Å². The number of nitrogens with zero attached hydrogens (tertiary/aromatic N) is 1. The minimum absolute atomic E-state index is 0.00139. The van der Waals surface area contributed by atoms with Gasteiger partial charge in [0.25, 0.3) is 0 Å². The molecule has 0 saturated carbocycles. The van der Waals surface area contributed by atoms with Crippen molar-refractivity contribution < 1.29 is 52.0 Å². The third-order valence-corrected chi connectivity index (χ3v) is 12.1. The lowest BCUT2D eigenvalue weighted by Crippen LogP contribution is -2.37. The van der Waals surface area contributed by atoms with Crippen LogP contribution in [0.2, 0.25) is 0 Å². The number of carbonyl (C=O) groups excluding carboxylic acids is 3. The van der Waals surface area contributed by atoms with Crippen LogP contribution in [0.25, 0.3) is 0 Å². The molecule has 12 heteroatoms. The number of hydrogen-bond acceptors (Lipinski definition) is 9. The van der Waals surface area contributed by atoms with Gasteiger partial charge in [-0.2, -0.15) is 0 Å². The molecule has 0 amide bonds. The minimum atomic E-state index is -4.43. The fourth-order valence-corrected chi connectivity index (χ4v) is 7.86. The number of rotatable bonds is 41. The third-order valence-electron chi connectivity index (χ3n) is 11.1. The molecule has 0 heterocycles. The summed E-state index contributed by atoms with van der Waals surface area (Å²) in [6, 6.07) is 0. The lowest BCUT2D eigenvalue weighted by molar-refractivity contribution is -0.870. The number of phosphoric acid groups is 1. The van der Waals surface area contributed by atoms with Crippen LogP contribution in [-0.2, 0) is 37.5 Å². The van der Waals surface area contributed by atoms with Gasteiger partial charge in [0.2, 0.25) is 0 Å². The number of aliphatic hydroxyl groups is 1. The average molecular weight is 895 g/mol. The van der Waals surface area contributed by atoms with Gasteiger partial charge < -0.3 is 24.0 Å². The Balaban J connectivity index is 2.40. The van der Waals surface area contributed by atoms with E-state index in [-0.39, 0.29) is 43.7 Å². The van der Waals surface area contributed by atoms with E-state index in [4.69, 9.17) is 18.5 Å². The number of ether oxygens (including phenoxy) is 2. The van der Waals surface area contributed by atoms with Gasteiger partial charge in [-0.15, -0.1) is 0 Å². The number of carbonyl (C=O) groups is 3. The van der Waals surface area contributed by atoms with E-state index in [1.54, 1.807) is 12.2 Å². The van der Waals surface area contributed by atoms with Gasteiger partial charge in [0.1, 0.15) is 19.8 Å². The molecule has 0 aromatic heterocycles. The van der Waals surface area contributed by atoms with Gasteiger partial charge in [0.15, 0.2) is 11.9 Å². The third kappa shape index (κ3) is 34.1. The molecule has 1 aliphatic carbocycles. The first-order valence-corrected chi connectivity index (χ1v) is 25.9. The molecule has 358 valence electrons. The quantitative estimate of drug-likeness (QED) is 0.0200. The summed E-state index contributed by atoms with van der Waals surface area (Å²) < 4.78 is 34.4. The van der Waals surface area contributed by atoms with Crippen LogP contribution in [0.15, 0.2) is 48.6 Å². The maximum atomic E-state index is 12.8. The average Bonchev–Trinajstić information content (AvgIpc) is 3.57. The van der Waals surface area contributed by atoms with Gasteiger partial charge >= 0.3 is 19.8 Å². The summed E-state index contributed by atoms with van der Waals surface area (Å²) in [6.45, 7) is 4.10. The number of unbranched alkanes of at least 4 members (excludes halogenated alkanes) is 18. The zero-order chi connectivity index (χ0) is 45.7. The number of esters is 2. The first-order chi connectivity index (χ1) is 29.8. The van der Waals surface area contributed by atoms with Gasteiger partial charge in [-0.05, 0) is 69.8 Å². The highest BCUT2D eigenvalue weighted by atomic mass is 31.2. The van der Waals surface area contributed by atoms with Crippen molar-refractivity contribution in [3.8, 4) is 0 Å². The monoisotopic (exact) mass is 895 g/mol. The molecule has 5 atom stereocenters. The summed E-state index contributed by atoms with van der Waals surface area (Å²) in [7, 11) is 1.37. The SMILES string of the molecule is CCCCCCCC/C=C\CCCCCCCCCCCC(=O)O[C@H](COC(=O)CCC/C=C\C[C@H]1C=CC(=O)[C@@H]1/C=C/[C@@H](O)CCCCC)COP(=O)(O)OCC[N+](C)(C)C. The zero-order valence-electron chi connectivity index (χ0n) is 39.7. The highest BCUT2D eigenvalue weighted by Gasteiger charge is 2.28. The Kier molecular flexibility index (Phi) is 34.3. The maximum absolute atomic E-state index is 12.8. The van der Waals surface area contributed by atoms with E-state index in [1.807, 2.05) is 45.4 Å². The van der Waals surface area contributed by atoms with E-state index in [0.29, 0.717) is 43.1 Å². The largest absolute Gasteiger partial charge is 0.472 e.